The molecular formula is C28H42N10O. The van der Waals surface area contributed by atoms with Crippen molar-refractivity contribution in [3.63, 3.8) is 0 Å². The van der Waals surface area contributed by atoms with Crippen LogP contribution < -0.4 is 20.3 Å². The normalized spacial score (nSPS) is 13.2. The Kier molecular flexibility index (Phi) is 9.72. The van der Waals surface area contributed by atoms with Gasteiger partial charge in [0.1, 0.15) is 12.1 Å². The van der Waals surface area contributed by atoms with Crippen molar-refractivity contribution in [1.82, 2.24) is 34.5 Å². The van der Waals surface area contributed by atoms with Crippen molar-refractivity contribution >= 4 is 23.0 Å². The third-order valence-electron chi connectivity index (χ3n) is 6.70. The molecule has 2 N–H and O–H groups in total. The van der Waals surface area contributed by atoms with Crippen LogP contribution in [0, 0.1) is 0 Å². The summed E-state index contributed by atoms with van der Waals surface area (Å²) in [6.07, 6.45) is 11.0. The molecule has 1 aromatic carbocycles. The van der Waals surface area contributed by atoms with Gasteiger partial charge in [-0.15, -0.1) is 0 Å². The number of hydrogen-bond donors (Lipinski definition) is 2. The molecule has 0 atom stereocenters. The molecule has 0 radical (unpaired) electrons. The number of ether oxygens (including phenoxy) is 1. The summed E-state index contributed by atoms with van der Waals surface area (Å²) in [4.78, 5) is 20.1. The van der Waals surface area contributed by atoms with Gasteiger partial charge in [0, 0.05) is 51.5 Å². The van der Waals surface area contributed by atoms with Crippen molar-refractivity contribution in [3.05, 3.63) is 42.5 Å². The summed E-state index contributed by atoms with van der Waals surface area (Å²) < 4.78 is 7.87. The number of aryl methyl sites for hydroxylation is 1. The Hall–Kier alpha value is -3.70. The summed E-state index contributed by atoms with van der Waals surface area (Å²) >= 11 is 0. The molecule has 39 heavy (non-hydrogen) atoms. The third-order valence-corrected chi connectivity index (χ3v) is 6.70. The predicted octanol–water partition coefficient (Wildman–Crippen LogP) is 3.35. The summed E-state index contributed by atoms with van der Waals surface area (Å²) in [6, 6.07) is 4.12. The van der Waals surface area contributed by atoms with E-state index in [9.17, 15) is 0 Å². The van der Waals surface area contributed by atoms with Gasteiger partial charge in [-0.2, -0.15) is 10.1 Å². The maximum absolute atomic E-state index is 5.80. The van der Waals surface area contributed by atoms with Crippen LogP contribution in [0.15, 0.2) is 36.8 Å². The van der Waals surface area contributed by atoms with E-state index >= 15 is 0 Å². The van der Waals surface area contributed by atoms with Crippen LogP contribution in [-0.4, -0.2) is 103 Å². The first-order valence-electron chi connectivity index (χ1n) is 13.5. The van der Waals surface area contributed by atoms with E-state index in [4.69, 9.17) is 9.72 Å². The maximum Gasteiger partial charge on any atom is 0.230 e. The molecule has 4 rings (SSSR count). The van der Waals surface area contributed by atoms with Crippen LogP contribution >= 0.6 is 0 Å². The number of hydrogen-bond acceptors (Lipinski definition) is 10. The van der Waals surface area contributed by atoms with Crippen LogP contribution in [0.4, 0.5) is 23.0 Å². The minimum atomic E-state index is 0.458. The fourth-order valence-corrected chi connectivity index (χ4v) is 4.52. The molecule has 0 saturated carbocycles. The fraction of sp³-hybridized carbons (Fsp3) is 0.500. The second kappa shape index (κ2) is 13.4. The number of anilines is 4. The molecule has 0 aliphatic carbocycles. The van der Waals surface area contributed by atoms with Gasteiger partial charge in [-0.05, 0) is 53.5 Å². The van der Waals surface area contributed by atoms with Gasteiger partial charge in [0.15, 0.2) is 5.82 Å². The molecule has 3 aromatic rings. The topological polar surface area (TPSA) is 99.5 Å². The molecule has 2 aromatic heterocycles. The first-order valence-corrected chi connectivity index (χ1v) is 13.5. The number of aromatic nitrogens is 5. The Morgan fingerprint density at radius 1 is 1.00 bits per heavy atom. The number of nitrogens with zero attached hydrogens (tertiary/aromatic N) is 8. The molecule has 0 bridgehead atoms. The van der Waals surface area contributed by atoms with E-state index < -0.39 is 0 Å². The lowest BCUT2D eigenvalue weighted by Gasteiger charge is -2.26. The quantitative estimate of drug-likeness (QED) is 0.318. The standard InChI is InChI=1S/C28H42N10O/c1-35(2)13-10-8-12-29-22-17-23(26(39-6)18-25(22)37(5)16-15-36(3)4)33-28-31-20-30-27(34-28)21-19-32-38-14-9-7-11-24(21)38/h8,10,17-20,29H,7,9,11-16H2,1-6H3,(H,30,31,33,34)/b10-8+. The lowest BCUT2D eigenvalue weighted by molar-refractivity contribution is 0.413. The molecule has 0 saturated heterocycles. The highest BCUT2D eigenvalue weighted by molar-refractivity contribution is 5.81. The smallest absolute Gasteiger partial charge is 0.230 e. The van der Waals surface area contributed by atoms with Crippen LogP contribution in [0.5, 0.6) is 5.75 Å². The second-order valence-corrected chi connectivity index (χ2v) is 10.4. The number of benzene rings is 1. The van der Waals surface area contributed by atoms with Gasteiger partial charge in [0.2, 0.25) is 5.95 Å². The van der Waals surface area contributed by atoms with Crippen molar-refractivity contribution in [1.29, 1.82) is 0 Å². The number of nitrogens with one attached hydrogen (secondary N) is 2. The average molecular weight is 535 g/mol. The molecule has 11 nitrogen and oxygen atoms in total. The van der Waals surface area contributed by atoms with Gasteiger partial charge in [0.25, 0.3) is 0 Å². The molecule has 0 unspecified atom stereocenters. The number of rotatable bonds is 13. The molecule has 0 spiro atoms. The highest BCUT2D eigenvalue weighted by Crippen LogP contribution is 2.38. The molecule has 210 valence electrons. The van der Waals surface area contributed by atoms with Gasteiger partial charge in [-0.1, -0.05) is 12.2 Å². The fourth-order valence-electron chi connectivity index (χ4n) is 4.52. The van der Waals surface area contributed by atoms with Crippen molar-refractivity contribution in [2.45, 2.75) is 25.8 Å². The Balaban J connectivity index is 1.61. The minimum absolute atomic E-state index is 0.458. The van der Waals surface area contributed by atoms with Crippen molar-refractivity contribution in [3.8, 4) is 17.1 Å². The second-order valence-electron chi connectivity index (χ2n) is 10.4. The van der Waals surface area contributed by atoms with Crippen LogP contribution in [0.25, 0.3) is 11.4 Å². The monoisotopic (exact) mass is 534 g/mol. The third kappa shape index (κ3) is 7.45. The van der Waals surface area contributed by atoms with E-state index in [0.29, 0.717) is 24.1 Å². The van der Waals surface area contributed by atoms with Crippen LogP contribution in [0.2, 0.25) is 0 Å². The predicted molar refractivity (Wildman–Crippen MR) is 158 cm³/mol. The van der Waals surface area contributed by atoms with E-state index in [-0.39, 0.29) is 0 Å². The zero-order valence-electron chi connectivity index (χ0n) is 24.1. The molecule has 1 aliphatic rings. The summed E-state index contributed by atoms with van der Waals surface area (Å²) in [5, 5.41) is 11.5. The molecule has 0 fully saturated rings. The number of methoxy groups -OCH3 is 1. The van der Waals surface area contributed by atoms with Crippen molar-refractivity contribution in [2.75, 3.05) is 84.1 Å². The van der Waals surface area contributed by atoms with E-state index in [2.05, 4.69) is 105 Å². The molecule has 1 aliphatic heterocycles. The van der Waals surface area contributed by atoms with Gasteiger partial charge >= 0.3 is 0 Å². The Bertz CT molecular complexity index is 1250. The highest BCUT2D eigenvalue weighted by Gasteiger charge is 2.19. The summed E-state index contributed by atoms with van der Waals surface area (Å²) in [5.74, 6) is 1.79. The first-order chi connectivity index (χ1) is 18.9. The molecule has 3 heterocycles. The lowest BCUT2D eigenvalue weighted by atomic mass is 10.1. The Labute approximate surface area is 231 Å². The van der Waals surface area contributed by atoms with Crippen LogP contribution in [0.1, 0.15) is 18.5 Å². The van der Waals surface area contributed by atoms with E-state index in [1.807, 2.05) is 6.20 Å². The van der Waals surface area contributed by atoms with Crippen LogP contribution in [-0.2, 0) is 13.0 Å². The van der Waals surface area contributed by atoms with Crippen LogP contribution in [0.3, 0.4) is 0 Å². The van der Waals surface area contributed by atoms with Gasteiger partial charge in [-0.3, -0.25) is 4.68 Å². The van der Waals surface area contributed by atoms with E-state index in [0.717, 1.165) is 68.1 Å². The summed E-state index contributed by atoms with van der Waals surface area (Å²) in [6.45, 7) is 4.36. The number of fused-ring (bicyclic) bond motifs is 1. The molecule has 11 heteroatoms. The van der Waals surface area contributed by atoms with E-state index in [1.165, 1.54) is 5.69 Å². The lowest BCUT2D eigenvalue weighted by Crippen LogP contribution is -2.29. The minimum Gasteiger partial charge on any atom is -0.494 e. The average Bonchev–Trinajstić information content (AvgIpc) is 3.36. The van der Waals surface area contributed by atoms with Gasteiger partial charge < -0.3 is 30.1 Å². The molecular weight excluding hydrogens is 492 g/mol. The first kappa shape index (κ1) is 28.3. The van der Waals surface area contributed by atoms with Gasteiger partial charge in [0.05, 0.1) is 35.9 Å². The zero-order valence-corrected chi connectivity index (χ0v) is 24.1. The van der Waals surface area contributed by atoms with Crippen molar-refractivity contribution in [2.24, 2.45) is 0 Å². The van der Waals surface area contributed by atoms with Crippen molar-refractivity contribution < 1.29 is 4.74 Å². The largest absolute Gasteiger partial charge is 0.494 e. The Morgan fingerprint density at radius 3 is 2.62 bits per heavy atom. The zero-order chi connectivity index (χ0) is 27.8. The van der Waals surface area contributed by atoms with E-state index in [1.54, 1.807) is 13.4 Å². The van der Waals surface area contributed by atoms with Gasteiger partial charge in [-0.25, -0.2) is 9.97 Å². The number of likely N-dealkylation sites (N-methyl/N-ethyl adjacent to an activating group) is 3. The SMILES string of the molecule is COc1cc(N(C)CCN(C)C)c(NC/C=C/CN(C)C)cc1Nc1ncnc(-c2cnn3c2CCCC3)n1. The molecule has 0 amide bonds. The maximum atomic E-state index is 5.80. The summed E-state index contributed by atoms with van der Waals surface area (Å²) in [7, 11) is 12.1. The summed E-state index contributed by atoms with van der Waals surface area (Å²) in [5.41, 5.74) is 4.99. The highest BCUT2D eigenvalue weighted by atomic mass is 16.5. The Morgan fingerprint density at radius 2 is 1.85 bits per heavy atom.